The number of carbonyl (C=O) groups is 2. The van der Waals surface area contributed by atoms with Crippen LogP contribution in [0.25, 0.3) is 0 Å². The molecule has 0 aliphatic heterocycles. The highest BCUT2D eigenvalue weighted by Gasteiger charge is 2.39. The van der Waals surface area contributed by atoms with Crippen LogP contribution in [0.4, 0.5) is 0 Å². The molecule has 18 heavy (non-hydrogen) atoms. The number of nitrogens with one attached hydrogen (secondary N) is 1. The molecule has 1 rings (SSSR count). The second kappa shape index (κ2) is 6.73. The molecular weight excluding hydrogens is 232 g/mol. The van der Waals surface area contributed by atoms with Crippen LogP contribution in [0.15, 0.2) is 0 Å². The molecule has 1 saturated carbocycles. The normalized spacial score (nSPS) is 19.9. The molecule has 0 aromatic rings. The van der Waals surface area contributed by atoms with Crippen LogP contribution in [0.5, 0.6) is 0 Å². The van der Waals surface area contributed by atoms with Crippen molar-refractivity contribution in [2.45, 2.75) is 52.0 Å². The second-order valence-corrected chi connectivity index (χ2v) is 4.99. The first-order chi connectivity index (χ1) is 8.55. The van der Waals surface area contributed by atoms with E-state index < -0.39 is 17.4 Å². The zero-order valence-corrected chi connectivity index (χ0v) is 11.3. The number of nitrogens with two attached hydrogens (primary N) is 1. The number of rotatable bonds is 5. The van der Waals surface area contributed by atoms with Gasteiger partial charge >= 0.3 is 5.97 Å². The van der Waals surface area contributed by atoms with Gasteiger partial charge in [-0.3, -0.25) is 4.79 Å². The van der Waals surface area contributed by atoms with Gasteiger partial charge in [-0.05, 0) is 26.7 Å². The maximum Gasteiger partial charge on any atom is 0.328 e. The predicted octanol–water partition coefficient (Wildman–Crippen LogP) is 0.963. The van der Waals surface area contributed by atoms with Crippen LogP contribution in [0.2, 0.25) is 0 Å². The molecule has 1 fully saturated rings. The molecule has 0 spiro atoms. The molecule has 0 aromatic heterocycles. The van der Waals surface area contributed by atoms with Crippen molar-refractivity contribution >= 4 is 11.9 Å². The molecule has 1 amide bonds. The summed E-state index contributed by atoms with van der Waals surface area (Å²) in [6, 6.07) is -0.609. The van der Waals surface area contributed by atoms with Gasteiger partial charge in [-0.25, -0.2) is 4.79 Å². The van der Waals surface area contributed by atoms with Gasteiger partial charge in [0, 0.05) is 6.54 Å². The Balaban J connectivity index is 2.59. The van der Waals surface area contributed by atoms with E-state index in [-0.39, 0.29) is 5.91 Å². The van der Waals surface area contributed by atoms with E-state index in [4.69, 9.17) is 10.5 Å². The molecule has 1 aliphatic carbocycles. The second-order valence-electron chi connectivity index (χ2n) is 4.99. The summed E-state index contributed by atoms with van der Waals surface area (Å²) >= 11 is 0. The molecule has 104 valence electrons. The maximum absolute atomic E-state index is 12.3. The lowest BCUT2D eigenvalue weighted by Gasteiger charge is -2.35. The Hall–Kier alpha value is -1.10. The van der Waals surface area contributed by atoms with Crippen molar-refractivity contribution in [2.75, 3.05) is 13.2 Å². The lowest BCUT2D eigenvalue weighted by molar-refractivity contribution is -0.148. The Labute approximate surface area is 108 Å². The summed E-state index contributed by atoms with van der Waals surface area (Å²) in [4.78, 5) is 23.8. The number of carbonyl (C=O) groups excluding carboxylic acids is 2. The van der Waals surface area contributed by atoms with E-state index in [1.165, 1.54) is 0 Å². The van der Waals surface area contributed by atoms with Gasteiger partial charge in [-0.2, -0.15) is 0 Å². The van der Waals surface area contributed by atoms with Crippen LogP contribution in [0.1, 0.15) is 46.0 Å². The summed E-state index contributed by atoms with van der Waals surface area (Å²) in [5.74, 6) is -0.501. The predicted molar refractivity (Wildman–Crippen MR) is 68.8 cm³/mol. The Morgan fingerprint density at radius 3 is 2.44 bits per heavy atom. The van der Waals surface area contributed by atoms with Crippen molar-refractivity contribution in [3.8, 4) is 0 Å². The number of esters is 1. The van der Waals surface area contributed by atoms with E-state index in [1.54, 1.807) is 13.8 Å². The Bertz CT molecular complexity index is 299. The minimum Gasteiger partial charge on any atom is -0.464 e. The standard InChI is InChI=1S/C13H24N2O3/c1-3-18-11(16)10(2)15-12(17)13(9-14)7-5-4-6-8-13/h10H,3-9,14H2,1-2H3,(H,15,17). The maximum atomic E-state index is 12.3. The molecular formula is C13H24N2O3. The summed E-state index contributed by atoms with van der Waals surface area (Å²) in [7, 11) is 0. The molecule has 0 heterocycles. The van der Waals surface area contributed by atoms with Crippen molar-refractivity contribution in [3.63, 3.8) is 0 Å². The Morgan fingerprint density at radius 2 is 1.94 bits per heavy atom. The molecule has 0 bridgehead atoms. The van der Waals surface area contributed by atoms with Gasteiger partial charge in [0.2, 0.25) is 5.91 Å². The van der Waals surface area contributed by atoms with Gasteiger partial charge in [0.25, 0.3) is 0 Å². The van der Waals surface area contributed by atoms with Crippen LogP contribution >= 0.6 is 0 Å². The first-order valence-electron chi connectivity index (χ1n) is 6.73. The molecule has 3 N–H and O–H groups in total. The van der Waals surface area contributed by atoms with Crippen molar-refractivity contribution in [2.24, 2.45) is 11.1 Å². The molecule has 0 aromatic carbocycles. The summed E-state index contributed by atoms with van der Waals surface area (Å²) in [6.45, 7) is 4.05. The van der Waals surface area contributed by atoms with Crippen LogP contribution in [0.3, 0.4) is 0 Å². The van der Waals surface area contributed by atoms with Crippen molar-refractivity contribution in [1.29, 1.82) is 0 Å². The lowest BCUT2D eigenvalue weighted by Crippen LogP contribution is -2.51. The lowest BCUT2D eigenvalue weighted by atomic mass is 9.73. The molecule has 1 atom stereocenters. The van der Waals surface area contributed by atoms with Gasteiger partial charge in [0.15, 0.2) is 0 Å². The van der Waals surface area contributed by atoms with Crippen molar-refractivity contribution in [1.82, 2.24) is 5.32 Å². The summed E-state index contributed by atoms with van der Waals surface area (Å²) < 4.78 is 4.87. The zero-order chi connectivity index (χ0) is 13.6. The van der Waals surface area contributed by atoms with E-state index >= 15 is 0 Å². The molecule has 5 nitrogen and oxygen atoms in total. The number of hydrogen-bond donors (Lipinski definition) is 2. The van der Waals surface area contributed by atoms with Gasteiger partial charge in [-0.15, -0.1) is 0 Å². The van der Waals surface area contributed by atoms with Crippen LogP contribution in [-0.4, -0.2) is 31.1 Å². The van der Waals surface area contributed by atoms with Gasteiger partial charge in [-0.1, -0.05) is 19.3 Å². The highest BCUT2D eigenvalue weighted by molar-refractivity contribution is 5.88. The van der Waals surface area contributed by atoms with Crippen molar-refractivity contribution in [3.05, 3.63) is 0 Å². The Kier molecular flexibility index (Phi) is 5.59. The molecule has 0 radical (unpaired) electrons. The fraction of sp³-hybridized carbons (Fsp3) is 0.846. The van der Waals surface area contributed by atoms with Crippen LogP contribution in [0, 0.1) is 5.41 Å². The Morgan fingerprint density at radius 1 is 1.33 bits per heavy atom. The summed E-state index contributed by atoms with van der Waals surface area (Å²) in [5.41, 5.74) is 5.29. The highest BCUT2D eigenvalue weighted by Crippen LogP contribution is 2.35. The average Bonchev–Trinajstić information content (AvgIpc) is 2.39. The fourth-order valence-corrected chi connectivity index (χ4v) is 2.43. The van der Waals surface area contributed by atoms with Gasteiger partial charge < -0.3 is 15.8 Å². The minimum absolute atomic E-state index is 0.106. The molecule has 1 unspecified atom stereocenters. The number of ether oxygens (including phenoxy) is 1. The third-order valence-electron chi connectivity index (χ3n) is 3.67. The summed E-state index contributed by atoms with van der Waals surface area (Å²) in [6.07, 6.45) is 4.83. The zero-order valence-electron chi connectivity index (χ0n) is 11.3. The van der Waals surface area contributed by atoms with E-state index in [9.17, 15) is 9.59 Å². The minimum atomic E-state index is -0.609. The first-order valence-corrected chi connectivity index (χ1v) is 6.73. The van der Waals surface area contributed by atoms with Gasteiger partial charge in [0.05, 0.1) is 12.0 Å². The first kappa shape index (κ1) is 15.0. The smallest absolute Gasteiger partial charge is 0.328 e. The topological polar surface area (TPSA) is 81.4 Å². The number of amides is 1. The quantitative estimate of drug-likeness (QED) is 0.718. The van der Waals surface area contributed by atoms with E-state index in [0.717, 1.165) is 32.1 Å². The third kappa shape index (κ3) is 3.45. The molecule has 5 heteroatoms. The molecule has 1 aliphatic rings. The SMILES string of the molecule is CCOC(=O)C(C)NC(=O)C1(CN)CCCCC1. The monoisotopic (exact) mass is 256 g/mol. The molecule has 0 saturated heterocycles. The fourth-order valence-electron chi connectivity index (χ4n) is 2.43. The van der Waals surface area contributed by atoms with E-state index in [1.807, 2.05) is 0 Å². The third-order valence-corrected chi connectivity index (χ3v) is 3.67. The van der Waals surface area contributed by atoms with Crippen molar-refractivity contribution < 1.29 is 14.3 Å². The largest absolute Gasteiger partial charge is 0.464 e. The van der Waals surface area contributed by atoms with Crippen LogP contribution < -0.4 is 11.1 Å². The van der Waals surface area contributed by atoms with Gasteiger partial charge in [0.1, 0.15) is 6.04 Å². The highest BCUT2D eigenvalue weighted by atomic mass is 16.5. The van der Waals surface area contributed by atoms with E-state index in [0.29, 0.717) is 13.2 Å². The summed E-state index contributed by atoms with van der Waals surface area (Å²) in [5, 5.41) is 2.73. The van der Waals surface area contributed by atoms with E-state index in [2.05, 4.69) is 5.32 Å². The number of hydrogen-bond acceptors (Lipinski definition) is 4. The van der Waals surface area contributed by atoms with Crippen LogP contribution in [-0.2, 0) is 14.3 Å². The average molecular weight is 256 g/mol.